The Morgan fingerprint density at radius 3 is 1.72 bits per heavy atom. The fraction of sp³-hybridized carbons (Fsp3) is 0.0488. The van der Waals surface area contributed by atoms with Crippen molar-refractivity contribution in [2.75, 3.05) is 0 Å². The van der Waals surface area contributed by atoms with Crippen molar-refractivity contribution in [3.8, 4) is 39.1 Å². The third kappa shape index (κ3) is 4.06. The molecule has 0 N–H and O–H groups in total. The Morgan fingerprint density at radius 1 is 0.558 bits per heavy atom. The summed E-state index contributed by atoms with van der Waals surface area (Å²) in [6, 6.07) is 29.4. The maximum absolute atomic E-state index is 9.44. The number of nitrogens with zero attached hydrogens (tertiary/aromatic N) is 2. The predicted molar refractivity (Wildman–Crippen MR) is 182 cm³/mol. The zero-order valence-corrected chi connectivity index (χ0v) is 23.4. The SMILES string of the molecule is [2H]c1c([2H])c([2H])c2c(-c3ccccc3-n3c(CC)nc4ccccc43)c3c([2H])c([2H])c([2H])c([2H])c3c(-c3ccccc3-c3ccccc3)c2c1[2H]. The highest BCUT2D eigenvalue weighted by atomic mass is 15.1. The molecule has 0 unspecified atom stereocenters. The molecule has 2 heteroatoms. The second-order valence-electron chi connectivity index (χ2n) is 10.4. The minimum Gasteiger partial charge on any atom is -0.296 e. The third-order valence-corrected chi connectivity index (χ3v) is 8.02. The average Bonchev–Trinajstić information content (AvgIpc) is 3.55. The van der Waals surface area contributed by atoms with E-state index in [1.165, 1.54) is 0 Å². The molecular weight excluding hydrogens is 520 g/mol. The maximum atomic E-state index is 9.44. The molecule has 0 amide bonds. The molecule has 1 heterocycles. The molecule has 0 saturated carbocycles. The molecule has 0 atom stereocenters. The van der Waals surface area contributed by atoms with Gasteiger partial charge in [0.05, 0.1) is 27.7 Å². The van der Waals surface area contributed by atoms with Gasteiger partial charge in [0.15, 0.2) is 0 Å². The molecule has 2 nitrogen and oxygen atoms in total. The Kier molecular flexibility index (Phi) is 4.40. The van der Waals surface area contributed by atoms with E-state index in [1.54, 1.807) is 0 Å². The van der Waals surface area contributed by atoms with Crippen molar-refractivity contribution in [1.82, 2.24) is 9.55 Å². The highest BCUT2D eigenvalue weighted by Gasteiger charge is 2.21. The van der Waals surface area contributed by atoms with Crippen LogP contribution in [0.5, 0.6) is 0 Å². The molecule has 0 aliphatic rings. The summed E-state index contributed by atoms with van der Waals surface area (Å²) in [6.07, 6.45) is 0.596. The lowest BCUT2D eigenvalue weighted by Crippen LogP contribution is -2.03. The predicted octanol–water partition coefficient (Wildman–Crippen LogP) is 10.9. The maximum Gasteiger partial charge on any atom is 0.114 e. The molecule has 1 aromatic heterocycles. The Balaban J connectivity index is 1.67. The second kappa shape index (κ2) is 10.4. The van der Waals surface area contributed by atoms with Gasteiger partial charge in [-0.2, -0.15) is 0 Å². The topological polar surface area (TPSA) is 17.8 Å². The second-order valence-corrected chi connectivity index (χ2v) is 10.4. The lowest BCUT2D eigenvalue weighted by atomic mass is 9.83. The molecular formula is C41H30N2. The summed E-state index contributed by atoms with van der Waals surface area (Å²) in [5, 5.41) is 0.702. The summed E-state index contributed by atoms with van der Waals surface area (Å²) >= 11 is 0. The van der Waals surface area contributed by atoms with Crippen LogP contribution in [0.15, 0.2) is 151 Å². The van der Waals surface area contributed by atoms with Crippen molar-refractivity contribution < 1.29 is 11.0 Å². The van der Waals surface area contributed by atoms with Crippen molar-refractivity contribution in [3.05, 3.63) is 157 Å². The zero-order valence-electron chi connectivity index (χ0n) is 31.4. The van der Waals surface area contributed by atoms with Crippen molar-refractivity contribution >= 4 is 32.6 Å². The van der Waals surface area contributed by atoms with Crippen molar-refractivity contribution in [1.29, 1.82) is 0 Å². The van der Waals surface area contributed by atoms with Crippen LogP contribution in [0.25, 0.3) is 71.6 Å². The van der Waals surface area contributed by atoms with Crippen LogP contribution in [0, 0.1) is 0 Å². The van der Waals surface area contributed by atoms with E-state index in [0.717, 1.165) is 28.0 Å². The normalized spacial score (nSPS) is 14.1. The van der Waals surface area contributed by atoms with E-state index in [4.69, 9.17) is 10.5 Å². The lowest BCUT2D eigenvalue weighted by Gasteiger charge is -2.21. The summed E-state index contributed by atoms with van der Waals surface area (Å²) in [5.41, 5.74) is 5.66. The van der Waals surface area contributed by atoms with E-state index in [0.29, 0.717) is 34.4 Å². The van der Waals surface area contributed by atoms with Crippen LogP contribution in [0.2, 0.25) is 0 Å². The van der Waals surface area contributed by atoms with Crippen molar-refractivity contribution in [2.45, 2.75) is 13.3 Å². The summed E-state index contributed by atoms with van der Waals surface area (Å²) < 4.78 is 75.1. The summed E-state index contributed by atoms with van der Waals surface area (Å²) in [5.74, 6) is 0.773. The van der Waals surface area contributed by atoms with Crippen molar-refractivity contribution in [2.24, 2.45) is 0 Å². The smallest absolute Gasteiger partial charge is 0.114 e. The fourth-order valence-electron chi connectivity index (χ4n) is 6.20. The van der Waals surface area contributed by atoms with Crippen LogP contribution in [0.1, 0.15) is 23.7 Å². The number of imidazole rings is 1. The molecule has 0 aliphatic heterocycles. The number of aryl methyl sites for hydroxylation is 1. The Morgan fingerprint density at radius 2 is 1.07 bits per heavy atom. The van der Waals surface area contributed by atoms with Crippen LogP contribution < -0.4 is 0 Å². The highest BCUT2D eigenvalue weighted by molar-refractivity contribution is 6.23. The molecule has 0 fully saturated rings. The number of aromatic nitrogens is 2. The number of rotatable bonds is 5. The van der Waals surface area contributed by atoms with E-state index in [1.807, 2.05) is 115 Å². The van der Waals surface area contributed by atoms with Crippen LogP contribution in [0.3, 0.4) is 0 Å². The van der Waals surface area contributed by atoms with Crippen LogP contribution in [0.4, 0.5) is 0 Å². The van der Waals surface area contributed by atoms with E-state index < -0.39 is 24.2 Å². The summed E-state index contributed by atoms with van der Waals surface area (Å²) in [4.78, 5) is 4.89. The molecule has 0 saturated heterocycles. The van der Waals surface area contributed by atoms with Gasteiger partial charge in [0.2, 0.25) is 0 Å². The van der Waals surface area contributed by atoms with Crippen molar-refractivity contribution in [3.63, 3.8) is 0 Å². The summed E-state index contributed by atoms with van der Waals surface area (Å²) in [6.45, 7) is 2.01. The number of hydrogen-bond donors (Lipinski definition) is 0. The first-order chi connectivity index (χ1) is 24.6. The van der Waals surface area contributed by atoms with Gasteiger partial charge in [-0.15, -0.1) is 0 Å². The monoisotopic (exact) mass is 558 g/mol. The van der Waals surface area contributed by atoms with Gasteiger partial charge in [-0.05, 0) is 67.6 Å². The molecule has 7 aromatic carbocycles. The van der Waals surface area contributed by atoms with Crippen LogP contribution >= 0.6 is 0 Å². The Labute approximate surface area is 262 Å². The highest BCUT2D eigenvalue weighted by Crippen LogP contribution is 2.47. The molecule has 43 heavy (non-hydrogen) atoms. The molecule has 0 bridgehead atoms. The van der Waals surface area contributed by atoms with Crippen LogP contribution in [-0.4, -0.2) is 9.55 Å². The minimum atomic E-state index is -0.434. The Hall–Kier alpha value is -5.47. The third-order valence-electron chi connectivity index (χ3n) is 8.02. The van der Waals surface area contributed by atoms with E-state index in [-0.39, 0.29) is 45.7 Å². The average molecular weight is 559 g/mol. The molecule has 8 aromatic rings. The fourth-order valence-corrected chi connectivity index (χ4v) is 6.20. The quantitative estimate of drug-likeness (QED) is 0.192. The first-order valence-electron chi connectivity index (χ1n) is 18.3. The number of benzene rings is 7. The number of hydrogen-bond acceptors (Lipinski definition) is 1. The largest absolute Gasteiger partial charge is 0.296 e. The summed E-state index contributed by atoms with van der Waals surface area (Å²) in [7, 11) is 0. The van der Waals surface area contributed by atoms with Gasteiger partial charge in [-0.25, -0.2) is 4.98 Å². The van der Waals surface area contributed by atoms with Gasteiger partial charge in [-0.3, -0.25) is 4.57 Å². The van der Waals surface area contributed by atoms with Gasteiger partial charge < -0.3 is 0 Å². The van der Waals surface area contributed by atoms with E-state index >= 15 is 0 Å². The number of fused-ring (bicyclic) bond motifs is 3. The molecule has 204 valence electrons. The van der Waals surface area contributed by atoms with E-state index in [2.05, 4.69) is 0 Å². The minimum absolute atomic E-state index is 0.173. The Bertz CT molecular complexity index is 2640. The molecule has 0 aliphatic carbocycles. The lowest BCUT2D eigenvalue weighted by molar-refractivity contribution is 0.909. The molecule has 0 spiro atoms. The number of para-hydroxylation sites is 3. The first kappa shape index (κ1) is 18.1. The standard InChI is InChI=1S/C41H30N2/c1-2-39-42-36-25-13-15-27-38(36)43(39)37-26-14-12-24-35(37)41-33-22-10-8-20-31(33)40(32-21-9-11-23-34(32)41)30-19-7-6-18-29(30)28-16-4-3-5-17-28/h3-27H,2H2,1H3/i8D,9D,10D,11D,20D,21D,22D,23D. The zero-order chi connectivity index (χ0) is 35.7. The van der Waals surface area contributed by atoms with E-state index in [9.17, 15) is 5.48 Å². The first-order valence-corrected chi connectivity index (χ1v) is 14.3. The van der Waals surface area contributed by atoms with Gasteiger partial charge in [0, 0.05) is 12.0 Å². The molecule has 0 radical (unpaired) electrons. The molecule has 8 rings (SSSR count). The van der Waals surface area contributed by atoms with Crippen LogP contribution in [-0.2, 0) is 6.42 Å². The van der Waals surface area contributed by atoms with Gasteiger partial charge in [0.1, 0.15) is 5.82 Å². The van der Waals surface area contributed by atoms with Gasteiger partial charge >= 0.3 is 0 Å². The van der Waals surface area contributed by atoms with Gasteiger partial charge in [-0.1, -0.05) is 140 Å². The van der Waals surface area contributed by atoms with Gasteiger partial charge in [0.25, 0.3) is 0 Å².